The lowest BCUT2D eigenvalue weighted by Gasteiger charge is -2.20. The highest BCUT2D eigenvalue weighted by atomic mass is 19.4. The Morgan fingerprint density at radius 3 is 2.32 bits per heavy atom. The molecule has 0 aliphatic carbocycles. The predicted molar refractivity (Wildman–Crippen MR) is 88.8 cm³/mol. The summed E-state index contributed by atoms with van der Waals surface area (Å²) in [6.07, 6.45) is -4.09. The zero-order chi connectivity index (χ0) is 18.4. The quantitative estimate of drug-likeness (QED) is 0.806. The Hall–Kier alpha value is -2.70. The van der Waals surface area contributed by atoms with E-state index in [0.29, 0.717) is 12.1 Å². The number of carbonyl (C=O) groups excluding carboxylic acids is 1. The maximum Gasteiger partial charge on any atom is 0.573 e. The van der Waals surface area contributed by atoms with E-state index >= 15 is 0 Å². The predicted octanol–water partition coefficient (Wildman–Crippen LogP) is 3.76. The van der Waals surface area contributed by atoms with Crippen molar-refractivity contribution in [2.75, 3.05) is 12.8 Å². The van der Waals surface area contributed by atoms with E-state index in [9.17, 15) is 18.0 Å². The van der Waals surface area contributed by atoms with E-state index in [-0.39, 0.29) is 30.2 Å². The fourth-order valence-corrected chi connectivity index (χ4v) is 2.40. The number of hydrogen-bond donors (Lipinski definition) is 1. The van der Waals surface area contributed by atoms with Crippen LogP contribution in [0.2, 0.25) is 0 Å². The lowest BCUT2D eigenvalue weighted by atomic mass is 10.1. The van der Waals surface area contributed by atoms with E-state index in [1.807, 2.05) is 18.2 Å². The molecule has 2 rings (SSSR count). The van der Waals surface area contributed by atoms with Gasteiger partial charge in [-0.05, 0) is 24.1 Å². The van der Waals surface area contributed by atoms with Gasteiger partial charge in [-0.3, -0.25) is 4.79 Å². The van der Waals surface area contributed by atoms with Gasteiger partial charge in [-0.25, -0.2) is 0 Å². The number of halogens is 3. The first-order valence-corrected chi connectivity index (χ1v) is 7.67. The van der Waals surface area contributed by atoms with Crippen molar-refractivity contribution in [2.45, 2.75) is 25.7 Å². The van der Waals surface area contributed by atoms with Gasteiger partial charge in [0.1, 0.15) is 5.75 Å². The lowest BCUT2D eigenvalue weighted by Crippen LogP contribution is -2.27. The van der Waals surface area contributed by atoms with Crippen molar-refractivity contribution in [3.63, 3.8) is 0 Å². The minimum Gasteiger partial charge on any atom is -0.405 e. The second-order valence-corrected chi connectivity index (χ2v) is 5.60. The maximum absolute atomic E-state index is 12.4. The molecule has 134 valence electrons. The number of anilines is 1. The molecular weight excluding hydrogens is 333 g/mol. The van der Waals surface area contributed by atoms with Crippen LogP contribution in [0.1, 0.15) is 17.5 Å². The number of hydrogen-bond acceptors (Lipinski definition) is 3. The van der Waals surface area contributed by atoms with Gasteiger partial charge >= 0.3 is 6.36 Å². The summed E-state index contributed by atoms with van der Waals surface area (Å²) in [6, 6.07) is 13.0. The van der Waals surface area contributed by atoms with Gasteiger partial charge in [-0.1, -0.05) is 36.4 Å². The van der Waals surface area contributed by atoms with Gasteiger partial charge < -0.3 is 15.4 Å². The number of ether oxygens (including phenoxy) is 1. The molecule has 0 fully saturated rings. The van der Waals surface area contributed by atoms with Gasteiger partial charge in [0.05, 0.1) is 0 Å². The second-order valence-electron chi connectivity index (χ2n) is 5.60. The average molecular weight is 352 g/mol. The number of nitrogens with two attached hydrogens (primary N) is 1. The number of nitrogens with zero attached hydrogens (tertiary/aromatic N) is 1. The summed E-state index contributed by atoms with van der Waals surface area (Å²) in [4.78, 5) is 13.6. The first kappa shape index (κ1) is 18.6. The minimum absolute atomic E-state index is 0.0232. The monoisotopic (exact) mass is 352 g/mol. The van der Waals surface area contributed by atoms with Crippen LogP contribution in [0, 0.1) is 0 Å². The zero-order valence-corrected chi connectivity index (χ0v) is 13.7. The van der Waals surface area contributed by atoms with Crippen molar-refractivity contribution in [3.8, 4) is 5.75 Å². The Labute approximate surface area is 144 Å². The van der Waals surface area contributed by atoms with Crippen molar-refractivity contribution in [1.29, 1.82) is 0 Å². The van der Waals surface area contributed by atoms with Crippen molar-refractivity contribution in [2.24, 2.45) is 0 Å². The fraction of sp³-hybridized carbons (Fsp3) is 0.278. The summed E-state index contributed by atoms with van der Waals surface area (Å²) in [7, 11) is 1.54. The third kappa shape index (κ3) is 5.70. The highest BCUT2D eigenvalue weighted by molar-refractivity contribution is 5.76. The van der Waals surface area contributed by atoms with Gasteiger partial charge in [-0.15, -0.1) is 13.2 Å². The van der Waals surface area contributed by atoms with Crippen molar-refractivity contribution < 1.29 is 22.7 Å². The van der Waals surface area contributed by atoms with E-state index in [0.717, 1.165) is 5.56 Å². The van der Waals surface area contributed by atoms with Crippen LogP contribution in [0.3, 0.4) is 0 Å². The molecule has 0 spiro atoms. The summed E-state index contributed by atoms with van der Waals surface area (Å²) < 4.78 is 41.4. The molecule has 4 nitrogen and oxygen atoms in total. The molecule has 0 atom stereocenters. The standard InChI is InChI=1S/C18H19F3N2O2/c1-23(17(24)11-10-13-6-2-4-8-15(13)22)12-14-7-3-5-9-16(14)25-18(19,20)21/h2-9H,10-12,22H2,1H3. The number of aryl methyl sites for hydroxylation is 1. The maximum atomic E-state index is 12.4. The number of para-hydroxylation sites is 2. The van der Waals surface area contributed by atoms with Crippen LogP contribution < -0.4 is 10.5 Å². The third-order valence-electron chi connectivity index (χ3n) is 3.69. The summed E-state index contributed by atoms with van der Waals surface area (Å²) >= 11 is 0. The number of alkyl halides is 3. The topological polar surface area (TPSA) is 55.6 Å². The molecule has 7 heteroatoms. The largest absolute Gasteiger partial charge is 0.573 e. The van der Waals surface area contributed by atoms with Crippen LogP contribution in [0.5, 0.6) is 5.75 Å². The first-order chi connectivity index (χ1) is 11.8. The molecule has 2 aromatic carbocycles. The van der Waals surface area contributed by atoms with Crippen molar-refractivity contribution in [3.05, 3.63) is 59.7 Å². The summed E-state index contributed by atoms with van der Waals surface area (Å²) in [5, 5.41) is 0. The van der Waals surface area contributed by atoms with Crippen LogP contribution >= 0.6 is 0 Å². The summed E-state index contributed by atoms with van der Waals surface area (Å²) in [6.45, 7) is 0.0232. The highest BCUT2D eigenvalue weighted by Gasteiger charge is 2.32. The van der Waals surface area contributed by atoms with E-state index < -0.39 is 6.36 Å². The van der Waals surface area contributed by atoms with E-state index in [4.69, 9.17) is 5.73 Å². The molecule has 0 aliphatic heterocycles. The fourth-order valence-electron chi connectivity index (χ4n) is 2.40. The van der Waals surface area contributed by atoms with Gasteiger partial charge in [0.25, 0.3) is 0 Å². The average Bonchev–Trinajstić information content (AvgIpc) is 2.54. The van der Waals surface area contributed by atoms with Crippen molar-refractivity contribution >= 4 is 11.6 Å². The zero-order valence-electron chi connectivity index (χ0n) is 13.7. The molecular formula is C18H19F3N2O2. The molecule has 0 unspecified atom stereocenters. The Kier molecular flexibility index (Phi) is 5.90. The molecule has 25 heavy (non-hydrogen) atoms. The Bertz CT molecular complexity index is 732. The van der Waals surface area contributed by atoms with E-state index in [1.165, 1.54) is 23.1 Å². The molecule has 0 saturated carbocycles. The summed E-state index contributed by atoms with van der Waals surface area (Å²) in [5.74, 6) is -0.494. The van der Waals surface area contributed by atoms with Gasteiger partial charge in [0.15, 0.2) is 0 Å². The lowest BCUT2D eigenvalue weighted by molar-refractivity contribution is -0.275. The number of amides is 1. The van der Waals surface area contributed by atoms with Gasteiger partial charge in [0.2, 0.25) is 5.91 Å². The van der Waals surface area contributed by atoms with Gasteiger partial charge in [0, 0.05) is 31.3 Å². The number of benzene rings is 2. The minimum atomic E-state index is -4.77. The normalized spacial score (nSPS) is 11.2. The molecule has 0 aliphatic rings. The smallest absolute Gasteiger partial charge is 0.405 e. The third-order valence-corrected chi connectivity index (χ3v) is 3.69. The molecule has 0 radical (unpaired) electrons. The van der Waals surface area contributed by atoms with Crippen LogP contribution in [-0.4, -0.2) is 24.2 Å². The van der Waals surface area contributed by atoms with Crippen LogP contribution in [-0.2, 0) is 17.8 Å². The first-order valence-electron chi connectivity index (χ1n) is 7.67. The number of carbonyl (C=O) groups is 1. The Morgan fingerprint density at radius 1 is 1.08 bits per heavy atom. The van der Waals surface area contributed by atoms with Gasteiger partial charge in [-0.2, -0.15) is 0 Å². The molecule has 0 bridgehead atoms. The van der Waals surface area contributed by atoms with Crippen LogP contribution in [0.4, 0.5) is 18.9 Å². The second kappa shape index (κ2) is 7.92. The molecule has 0 heterocycles. The Balaban J connectivity index is 1.98. The summed E-state index contributed by atoms with van der Waals surface area (Å²) in [5.41, 5.74) is 7.60. The molecule has 0 saturated heterocycles. The van der Waals surface area contributed by atoms with Crippen LogP contribution in [0.15, 0.2) is 48.5 Å². The number of nitrogen functional groups attached to an aromatic ring is 1. The van der Waals surface area contributed by atoms with E-state index in [2.05, 4.69) is 4.74 Å². The molecule has 0 aromatic heterocycles. The Morgan fingerprint density at radius 2 is 1.68 bits per heavy atom. The molecule has 2 N–H and O–H groups in total. The molecule has 1 amide bonds. The highest BCUT2D eigenvalue weighted by Crippen LogP contribution is 2.27. The SMILES string of the molecule is CN(Cc1ccccc1OC(F)(F)F)C(=O)CCc1ccccc1N. The van der Waals surface area contributed by atoms with Crippen molar-refractivity contribution in [1.82, 2.24) is 4.90 Å². The number of rotatable bonds is 6. The molecule has 2 aromatic rings. The van der Waals surface area contributed by atoms with Crippen LogP contribution in [0.25, 0.3) is 0 Å². The van der Waals surface area contributed by atoms with E-state index in [1.54, 1.807) is 19.2 Å².